The molecule has 0 saturated heterocycles. The van der Waals surface area contributed by atoms with Crippen LogP contribution in [-0.2, 0) is 19.5 Å². The molecule has 0 spiro atoms. The van der Waals surface area contributed by atoms with Crippen LogP contribution in [0.2, 0.25) is 0 Å². The van der Waals surface area contributed by atoms with Crippen LogP contribution >= 0.6 is 0 Å². The van der Waals surface area contributed by atoms with Gasteiger partial charge in [-0.1, -0.05) is 19.0 Å². The molecule has 0 aliphatic carbocycles. The van der Waals surface area contributed by atoms with E-state index in [-0.39, 0.29) is 0 Å². The molecule has 0 bridgehead atoms. The molecular formula is C14H17N5O3. The normalized spacial score (nSPS) is 11.4. The lowest BCUT2D eigenvalue weighted by atomic mass is 10.4. The van der Waals surface area contributed by atoms with Gasteiger partial charge in [0.2, 0.25) is 11.8 Å². The molecule has 0 saturated carbocycles. The Labute approximate surface area is 127 Å². The van der Waals surface area contributed by atoms with Gasteiger partial charge in [-0.05, 0) is 18.7 Å². The van der Waals surface area contributed by atoms with Crippen LogP contribution in [0.5, 0.6) is 0 Å². The number of nitrogens with zero attached hydrogens (tertiary/aromatic N) is 5. The highest BCUT2D eigenvalue weighted by molar-refractivity contribution is 5.42. The average Bonchev–Trinajstić information content (AvgIpc) is 3.27. The summed E-state index contributed by atoms with van der Waals surface area (Å²) in [6.45, 7) is 5.88. The van der Waals surface area contributed by atoms with Crippen molar-refractivity contribution in [2.45, 2.75) is 33.4 Å². The number of hydrogen-bond donors (Lipinski definition) is 0. The summed E-state index contributed by atoms with van der Waals surface area (Å²) in [6, 6.07) is 3.55. The van der Waals surface area contributed by atoms with Crippen molar-refractivity contribution in [1.82, 2.24) is 25.2 Å². The van der Waals surface area contributed by atoms with Crippen LogP contribution < -0.4 is 0 Å². The SMILES string of the molecule is CCc1noc(CN(CC)Cc2nnc(-c3ccco3)o2)n1. The molecule has 116 valence electrons. The van der Waals surface area contributed by atoms with Crippen molar-refractivity contribution in [1.29, 1.82) is 0 Å². The first-order chi connectivity index (χ1) is 10.8. The molecule has 0 amide bonds. The molecule has 0 atom stereocenters. The van der Waals surface area contributed by atoms with Crippen LogP contribution in [0, 0.1) is 0 Å². The van der Waals surface area contributed by atoms with Gasteiger partial charge in [-0.2, -0.15) is 4.98 Å². The van der Waals surface area contributed by atoms with E-state index in [2.05, 4.69) is 25.2 Å². The quantitative estimate of drug-likeness (QED) is 0.656. The minimum atomic E-state index is 0.377. The minimum Gasteiger partial charge on any atom is -0.459 e. The molecular weight excluding hydrogens is 286 g/mol. The Morgan fingerprint density at radius 3 is 2.68 bits per heavy atom. The molecule has 3 heterocycles. The van der Waals surface area contributed by atoms with Gasteiger partial charge in [0, 0.05) is 6.42 Å². The Bertz CT molecular complexity index is 704. The Kier molecular flexibility index (Phi) is 4.29. The van der Waals surface area contributed by atoms with E-state index in [9.17, 15) is 0 Å². The number of hydrogen-bond acceptors (Lipinski definition) is 8. The van der Waals surface area contributed by atoms with Crippen LogP contribution in [-0.4, -0.2) is 31.8 Å². The number of rotatable bonds is 7. The average molecular weight is 303 g/mol. The Morgan fingerprint density at radius 1 is 1.14 bits per heavy atom. The lowest BCUT2D eigenvalue weighted by Gasteiger charge is -2.15. The van der Waals surface area contributed by atoms with Gasteiger partial charge in [0.1, 0.15) is 0 Å². The molecule has 3 aromatic heterocycles. The van der Waals surface area contributed by atoms with E-state index >= 15 is 0 Å². The number of aryl methyl sites for hydroxylation is 1. The summed E-state index contributed by atoms with van der Waals surface area (Å²) >= 11 is 0. The monoisotopic (exact) mass is 303 g/mol. The van der Waals surface area contributed by atoms with Crippen LogP contribution in [0.4, 0.5) is 0 Å². The van der Waals surface area contributed by atoms with Crippen LogP contribution in [0.25, 0.3) is 11.7 Å². The summed E-state index contributed by atoms with van der Waals surface area (Å²) in [7, 11) is 0. The standard InChI is InChI=1S/C14H17N5O3/c1-3-11-15-12(22-18-11)8-19(4-2)9-13-16-17-14(21-13)10-6-5-7-20-10/h5-7H,3-4,8-9H2,1-2H3. The highest BCUT2D eigenvalue weighted by atomic mass is 16.5. The van der Waals surface area contributed by atoms with Crippen molar-refractivity contribution in [3.8, 4) is 11.7 Å². The maximum atomic E-state index is 5.60. The fourth-order valence-electron chi connectivity index (χ4n) is 1.98. The molecule has 0 N–H and O–H groups in total. The second kappa shape index (κ2) is 6.52. The Morgan fingerprint density at radius 2 is 2.00 bits per heavy atom. The summed E-state index contributed by atoms with van der Waals surface area (Å²) < 4.78 is 16.0. The predicted octanol–water partition coefficient (Wildman–Crippen LogP) is 2.30. The predicted molar refractivity (Wildman–Crippen MR) is 75.5 cm³/mol. The summed E-state index contributed by atoms with van der Waals surface area (Å²) in [6.07, 6.45) is 2.32. The van der Waals surface area contributed by atoms with Crippen molar-refractivity contribution in [3.63, 3.8) is 0 Å². The minimum absolute atomic E-state index is 0.377. The molecule has 22 heavy (non-hydrogen) atoms. The summed E-state index contributed by atoms with van der Waals surface area (Å²) in [5.74, 6) is 2.75. The van der Waals surface area contributed by atoms with E-state index in [1.807, 2.05) is 13.8 Å². The third kappa shape index (κ3) is 3.22. The van der Waals surface area contributed by atoms with Gasteiger partial charge in [0.15, 0.2) is 11.6 Å². The lowest BCUT2D eigenvalue weighted by molar-refractivity contribution is 0.210. The Hall–Kier alpha value is -2.48. The van der Waals surface area contributed by atoms with Gasteiger partial charge >= 0.3 is 0 Å². The van der Waals surface area contributed by atoms with Crippen molar-refractivity contribution in [3.05, 3.63) is 36.0 Å². The fourth-order valence-corrected chi connectivity index (χ4v) is 1.98. The van der Waals surface area contributed by atoms with Crippen LogP contribution in [0.1, 0.15) is 31.5 Å². The molecule has 0 fully saturated rings. The maximum absolute atomic E-state index is 5.60. The summed E-state index contributed by atoms with van der Waals surface area (Å²) in [5, 5.41) is 11.9. The van der Waals surface area contributed by atoms with E-state index in [1.54, 1.807) is 18.4 Å². The summed E-state index contributed by atoms with van der Waals surface area (Å²) in [4.78, 5) is 6.38. The van der Waals surface area contributed by atoms with Gasteiger partial charge in [0.05, 0.1) is 19.4 Å². The molecule has 0 unspecified atom stereocenters. The molecule has 0 aliphatic heterocycles. The highest BCUT2D eigenvalue weighted by Crippen LogP contribution is 2.18. The molecule has 8 nitrogen and oxygen atoms in total. The third-order valence-corrected chi connectivity index (χ3v) is 3.19. The fraction of sp³-hybridized carbons (Fsp3) is 0.429. The van der Waals surface area contributed by atoms with Crippen LogP contribution in [0.3, 0.4) is 0 Å². The van der Waals surface area contributed by atoms with Gasteiger partial charge in [0.25, 0.3) is 5.89 Å². The maximum Gasteiger partial charge on any atom is 0.283 e. The van der Waals surface area contributed by atoms with Crippen molar-refractivity contribution < 1.29 is 13.4 Å². The van der Waals surface area contributed by atoms with Crippen LogP contribution in [0.15, 0.2) is 31.8 Å². The smallest absolute Gasteiger partial charge is 0.283 e. The molecule has 0 radical (unpaired) electrons. The number of aromatic nitrogens is 4. The topological polar surface area (TPSA) is 94.2 Å². The first-order valence-electron chi connectivity index (χ1n) is 7.18. The van der Waals surface area contributed by atoms with Gasteiger partial charge in [-0.3, -0.25) is 4.90 Å². The van der Waals surface area contributed by atoms with E-state index in [1.165, 1.54) is 0 Å². The van der Waals surface area contributed by atoms with E-state index in [0.717, 1.165) is 13.0 Å². The Balaban J connectivity index is 1.65. The van der Waals surface area contributed by atoms with E-state index < -0.39 is 0 Å². The summed E-state index contributed by atoms with van der Waals surface area (Å²) in [5.41, 5.74) is 0. The van der Waals surface area contributed by atoms with Crippen molar-refractivity contribution in [2.24, 2.45) is 0 Å². The van der Waals surface area contributed by atoms with Gasteiger partial charge in [-0.15, -0.1) is 10.2 Å². The molecule has 3 aromatic rings. The van der Waals surface area contributed by atoms with Crippen molar-refractivity contribution in [2.75, 3.05) is 6.54 Å². The first-order valence-corrected chi connectivity index (χ1v) is 7.18. The number of furan rings is 1. The zero-order valence-corrected chi connectivity index (χ0v) is 12.5. The second-order valence-electron chi connectivity index (χ2n) is 4.74. The zero-order chi connectivity index (χ0) is 15.4. The third-order valence-electron chi connectivity index (χ3n) is 3.19. The van der Waals surface area contributed by atoms with Gasteiger partial charge in [-0.25, -0.2) is 0 Å². The molecule has 0 aromatic carbocycles. The molecule has 8 heteroatoms. The lowest BCUT2D eigenvalue weighted by Crippen LogP contribution is -2.22. The zero-order valence-electron chi connectivity index (χ0n) is 12.5. The highest BCUT2D eigenvalue weighted by Gasteiger charge is 2.16. The van der Waals surface area contributed by atoms with Crippen molar-refractivity contribution >= 4 is 0 Å². The molecule has 3 rings (SSSR count). The second-order valence-corrected chi connectivity index (χ2v) is 4.74. The molecule has 0 aliphatic rings. The van der Waals surface area contributed by atoms with E-state index in [4.69, 9.17) is 13.4 Å². The van der Waals surface area contributed by atoms with E-state index in [0.29, 0.717) is 42.3 Å². The largest absolute Gasteiger partial charge is 0.459 e. The first kappa shape index (κ1) is 14.5. The van der Waals surface area contributed by atoms with Gasteiger partial charge < -0.3 is 13.4 Å².